The first kappa shape index (κ1) is 18.4. The van der Waals surface area contributed by atoms with Gasteiger partial charge in [0.2, 0.25) is 5.91 Å². The van der Waals surface area contributed by atoms with Crippen molar-refractivity contribution in [1.82, 2.24) is 10.6 Å². The maximum atomic E-state index is 11.7. The third kappa shape index (κ3) is 10.3. The molecule has 1 amide bonds. The molecule has 6 heteroatoms. The summed E-state index contributed by atoms with van der Waals surface area (Å²) >= 11 is 0. The van der Waals surface area contributed by atoms with E-state index in [1.165, 1.54) is 0 Å². The lowest BCUT2D eigenvalue weighted by Crippen LogP contribution is -2.34. The van der Waals surface area contributed by atoms with Crippen LogP contribution < -0.4 is 10.6 Å². The summed E-state index contributed by atoms with van der Waals surface area (Å²) in [5.74, 6) is -0.418. The zero-order valence-electron chi connectivity index (χ0n) is 13.2. The fourth-order valence-corrected chi connectivity index (χ4v) is 1.41. The summed E-state index contributed by atoms with van der Waals surface area (Å²) in [6.45, 7) is 10.2. The fraction of sp³-hybridized carbons (Fsp3) is 0.786. The first-order valence-corrected chi connectivity index (χ1v) is 7.16. The van der Waals surface area contributed by atoms with Crippen molar-refractivity contribution in [2.75, 3.05) is 6.54 Å². The van der Waals surface area contributed by atoms with Gasteiger partial charge in [-0.15, -0.1) is 0 Å². The number of hydrogen-bond acceptors (Lipinski definition) is 4. The van der Waals surface area contributed by atoms with Crippen molar-refractivity contribution in [3.8, 4) is 0 Å². The maximum Gasteiger partial charge on any atom is 0.313 e. The molecule has 0 aromatic carbocycles. The number of amides is 1. The van der Waals surface area contributed by atoms with Gasteiger partial charge in [-0.1, -0.05) is 0 Å². The van der Waals surface area contributed by atoms with Crippen LogP contribution in [0.3, 0.4) is 0 Å². The lowest BCUT2D eigenvalue weighted by Gasteiger charge is -2.13. The van der Waals surface area contributed by atoms with E-state index in [2.05, 4.69) is 15.6 Å². The Bertz CT molecular complexity index is 339. The predicted octanol–water partition coefficient (Wildman–Crippen LogP) is 1.60. The van der Waals surface area contributed by atoms with Crippen molar-refractivity contribution in [1.29, 1.82) is 0 Å². The second kappa shape index (κ2) is 10.2. The van der Waals surface area contributed by atoms with Gasteiger partial charge in [0.15, 0.2) is 0 Å². The van der Waals surface area contributed by atoms with Crippen LogP contribution in [0.2, 0.25) is 0 Å². The third-order valence-corrected chi connectivity index (χ3v) is 2.16. The Morgan fingerprint density at radius 3 is 2.30 bits per heavy atom. The Labute approximate surface area is 121 Å². The normalized spacial score (nSPS) is 11.7. The molecular formula is C14H27N3O3. The van der Waals surface area contributed by atoms with Crippen molar-refractivity contribution >= 4 is 17.9 Å². The molecule has 0 saturated heterocycles. The highest BCUT2D eigenvalue weighted by atomic mass is 16.6. The van der Waals surface area contributed by atoms with E-state index in [1.54, 1.807) is 0 Å². The number of carbonyl (C=O) groups is 2. The van der Waals surface area contributed by atoms with Gasteiger partial charge in [0, 0.05) is 31.5 Å². The Morgan fingerprint density at radius 2 is 1.80 bits per heavy atom. The van der Waals surface area contributed by atoms with Crippen LogP contribution in [0.1, 0.15) is 53.9 Å². The van der Waals surface area contributed by atoms with E-state index in [0.717, 1.165) is 0 Å². The molecule has 0 rings (SSSR count). The first-order chi connectivity index (χ1) is 9.35. The van der Waals surface area contributed by atoms with Crippen molar-refractivity contribution in [3.05, 3.63) is 0 Å². The van der Waals surface area contributed by atoms with Gasteiger partial charge in [0.1, 0.15) is 0 Å². The van der Waals surface area contributed by atoms with E-state index < -0.39 is 0 Å². The lowest BCUT2D eigenvalue weighted by atomic mass is 10.2. The van der Waals surface area contributed by atoms with Crippen molar-refractivity contribution < 1.29 is 14.3 Å². The number of hydrogen-bond donors (Lipinski definition) is 2. The van der Waals surface area contributed by atoms with E-state index in [4.69, 9.17) is 4.74 Å². The molecule has 0 heterocycles. The van der Waals surface area contributed by atoms with Crippen molar-refractivity contribution in [2.24, 2.45) is 4.99 Å². The summed E-state index contributed by atoms with van der Waals surface area (Å²) in [5, 5.41) is 5.67. The largest absolute Gasteiger partial charge is 0.393 e. The molecule has 0 fully saturated rings. The monoisotopic (exact) mass is 285 g/mol. The van der Waals surface area contributed by atoms with Gasteiger partial charge in [-0.3, -0.25) is 9.59 Å². The van der Waals surface area contributed by atoms with Crippen LogP contribution in [-0.2, 0) is 14.3 Å². The molecule has 0 aliphatic heterocycles. The summed E-state index contributed by atoms with van der Waals surface area (Å²) in [6.07, 6.45) is 1.01. The minimum absolute atomic E-state index is 0.0411. The molecule has 20 heavy (non-hydrogen) atoms. The highest BCUT2D eigenvalue weighted by Crippen LogP contribution is 2.00. The average molecular weight is 285 g/mol. The van der Waals surface area contributed by atoms with Crippen LogP contribution in [0.4, 0.5) is 0 Å². The number of carbonyl (C=O) groups excluding carboxylic acids is 2. The lowest BCUT2D eigenvalue weighted by molar-refractivity contribution is -0.136. The molecule has 0 unspecified atom stereocenters. The summed E-state index contributed by atoms with van der Waals surface area (Å²) in [6, 6.07) is 0.424. The molecule has 6 nitrogen and oxygen atoms in total. The number of rotatable bonds is 7. The summed E-state index contributed by atoms with van der Waals surface area (Å²) < 4.78 is 5.18. The number of nitrogens with zero attached hydrogens (tertiary/aromatic N) is 1. The van der Waals surface area contributed by atoms with Crippen LogP contribution in [0.15, 0.2) is 4.99 Å². The van der Waals surface area contributed by atoms with Gasteiger partial charge in [-0.2, -0.15) is 0 Å². The van der Waals surface area contributed by atoms with E-state index in [0.29, 0.717) is 19.4 Å². The molecule has 116 valence electrons. The predicted molar refractivity (Wildman–Crippen MR) is 79.5 cm³/mol. The molecule has 0 bridgehead atoms. The standard InChI is InChI=1S/C14H27N3O3/c1-6-15-12(18)8-7-9-13(19)20-14(16-10(2)3)17-11(4)5/h10-11H,6-9H2,1-5H3,(H,15,18)(H,16,17). The molecule has 0 saturated carbocycles. The quantitative estimate of drug-likeness (QED) is 0.423. The van der Waals surface area contributed by atoms with Gasteiger partial charge >= 0.3 is 5.97 Å². The molecule has 0 radical (unpaired) electrons. The number of esters is 1. The second-order valence-electron chi connectivity index (χ2n) is 5.11. The number of amidine groups is 1. The van der Waals surface area contributed by atoms with Gasteiger partial charge in [0.05, 0.1) is 0 Å². The van der Waals surface area contributed by atoms with Crippen LogP contribution in [0, 0.1) is 0 Å². The summed E-state index contributed by atoms with van der Waals surface area (Å²) in [7, 11) is 0. The zero-order chi connectivity index (χ0) is 15.5. The molecule has 0 aliphatic rings. The minimum Gasteiger partial charge on any atom is -0.393 e. The molecule has 0 aromatic heterocycles. The topological polar surface area (TPSA) is 79.8 Å². The molecule has 0 aliphatic carbocycles. The highest BCUT2D eigenvalue weighted by Gasteiger charge is 2.11. The molecule has 0 aromatic rings. The van der Waals surface area contributed by atoms with Crippen LogP contribution in [-0.4, -0.2) is 36.5 Å². The molecular weight excluding hydrogens is 258 g/mol. The first-order valence-electron chi connectivity index (χ1n) is 7.16. The summed E-state index contributed by atoms with van der Waals surface area (Å²) in [4.78, 5) is 27.1. The van der Waals surface area contributed by atoms with Gasteiger partial charge < -0.3 is 15.4 Å². The Morgan fingerprint density at radius 1 is 1.15 bits per heavy atom. The Kier molecular flexibility index (Phi) is 9.41. The molecule has 0 atom stereocenters. The smallest absolute Gasteiger partial charge is 0.313 e. The van der Waals surface area contributed by atoms with E-state index >= 15 is 0 Å². The van der Waals surface area contributed by atoms with Gasteiger partial charge in [-0.05, 0) is 41.0 Å². The number of aliphatic imine (C=N–C) groups is 1. The maximum absolute atomic E-state index is 11.7. The zero-order valence-corrected chi connectivity index (χ0v) is 13.2. The van der Waals surface area contributed by atoms with Gasteiger partial charge in [-0.25, -0.2) is 4.99 Å². The summed E-state index contributed by atoms with van der Waals surface area (Å²) in [5.41, 5.74) is 0. The third-order valence-electron chi connectivity index (χ3n) is 2.16. The Hall–Kier alpha value is -1.59. The van der Waals surface area contributed by atoms with E-state index in [9.17, 15) is 9.59 Å². The molecule has 0 spiro atoms. The minimum atomic E-state index is -0.373. The van der Waals surface area contributed by atoms with Crippen molar-refractivity contribution in [3.63, 3.8) is 0 Å². The van der Waals surface area contributed by atoms with Crippen LogP contribution in [0.5, 0.6) is 0 Å². The van der Waals surface area contributed by atoms with Crippen LogP contribution >= 0.6 is 0 Å². The van der Waals surface area contributed by atoms with Crippen LogP contribution in [0.25, 0.3) is 0 Å². The average Bonchev–Trinajstić information content (AvgIpc) is 2.26. The van der Waals surface area contributed by atoms with E-state index in [-0.39, 0.29) is 36.4 Å². The SMILES string of the molecule is CCNC(=O)CCCC(=O)OC(=NC(C)C)NC(C)C. The second-order valence-corrected chi connectivity index (χ2v) is 5.11. The van der Waals surface area contributed by atoms with Crippen molar-refractivity contribution in [2.45, 2.75) is 66.0 Å². The fourth-order valence-electron chi connectivity index (χ4n) is 1.41. The van der Waals surface area contributed by atoms with E-state index in [1.807, 2.05) is 34.6 Å². The number of nitrogens with one attached hydrogen (secondary N) is 2. The van der Waals surface area contributed by atoms with Gasteiger partial charge in [0.25, 0.3) is 6.02 Å². The Balaban J connectivity index is 4.16. The number of ether oxygens (including phenoxy) is 1. The molecule has 2 N–H and O–H groups in total. The highest BCUT2D eigenvalue weighted by molar-refractivity contribution is 5.87.